The lowest BCUT2D eigenvalue weighted by Crippen LogP contribution is -2.50. The summed E-state index contributed by atoms with van der Waals surface area (Å²) in [5.41, 5.74) is 5.25. The number of carbonyl (C=O) groups is 1. The summed E-state index contributed by atoms with van der Waals surface area (Å²) in [6, 6.07) is 13.5. The Hall–Kier alpha value is -3.13. The minimum absolute atomic E-state index is 0.235. The number of thiazole rings is 1. The molecule has 1 aliphatic carbocycles. The first-order valence-corrected chi connectivity index (χ1v) is 13.4. The fourth-order valence-corrected chi connectivity index (χ4v) is 5.80. The lowest BCUT2D eigenvalue weighted by Gasteiger charge is -2.37. The van der Waals surface area contributed by atoms with E-state index in [9.17, 15) is 9.18 Å². The number of rotatable bonds is 4. The van der Waals surface area contributed by atoms with Gasteiger partial charge in [0.05, 0.1) is 11.7 Å². The average molecular weight is 509 g/mol. The molecule has 2 aromatic carbocycles. The summed E-state index contributed by atoms with van der Waals surface area (Å²) in [6.07, 6.45) is 1.86. The molecule has 1 aromatic heterocycles. The number of amides is 1. The van der Waals surface area contributed by atoms with E-state index in [0.29, 0.717) is 13.1 Å². The van der Waals surface area contributed by atoms with Gasteiger partial charge in [0, 0.05) is 49.9 Å². The van der Waals surface area contributed by atoms with Gasteiger partial charge in [-0.2, -0.15) is 0 Å². The number of carbonyl (C=O) groups excluding carboxylic acids is 1. The topological polar surface area (TPSA) is 48.9 Å². The van der Waals surface area contributed by atoms with Crippen molar-refractivity contribution >= 4 is 28.2 Å². The second kappa shape index (κ2) is 9.73. The molecule has 1 unspecified atom stereocenters. The maximum atomic E-state index is 13.3. The Labute approximate surface area is 216 Å². The second-order valence-electron chi connectivity index (χ2n) is 10.5. The summed E-state index contributed by atoms with van der Waals surface area (Å²) in [4.78, 5) is 23.7. The lowest BCUT2D eigenvalue weighted by atomic mass is 10.1. The minimum atomic E-state index is -0.480. The summed E-state index contributed by atoms with van der Waals surface area (Å²) in [5, 5.41) is 3.00. The van der Waals surface area contributed by atoms with Gasteiger partial charge in [-0.3, -0.25) is 0 Å². The third-order valence-corrected chi connectivity index (χ3v) is 7.80. The van der Waals surface area contributed by atoms with E-state index in [1.807, 2.05) is 26.2 Å². The monoisotopic (exact) mass is 508 g/mol. The first-order chi connectivity index (χ1) is 17.2. The summed E-state index contributed by atoms with van der Waals surface area (Å²) in [6.45, 7) is 8.57. The number of nitrogens with zero attached hydrogens (tertiary/aromatic N) is 4. The molecule has 8 heteroatoms. The molecule has 1 atom stereocenters. The zero-order valence-corrected chi connectivity index (χ0v) is 22.1. The molecule has 36 heavy (non-hydrogen) atoms. The van der Waals surface area contributed by atoms with Gasteiger partial charge in [-0.1, -0.05) is 6.07 Å². The van der Waals surface area contributed by atoms with Crippen LogP contribution in [0.1, 0.15) is 44.4 Å². The molecule has 0 N–H and O–H groups in total. The molecule has 1 fully saturated rings. The summed E-state index contributed by atoms with van der Waals surface area (Å²) in [7, 11) is 2.11. The van der Waals surface area contributed by atoms with Crippen LogP contribution in [0.2, 0.25) is 0 Å². The van der Waals surface area contributed by atoms with Gasteiger partial charge in [-0.15, -0.1) is 11.3 Å². The highest BCUT2D eigenvalue weighted by Crippen LogP contribution is 2.41. The Morgan fingerprint density at radius 3 is 2.53 bits per heavy atom. The number of anilines is 2. The van der Waals surface area contributed by atoms with Crippen molar-refractivity contribution < 1.29 is 13.9 Å². The Morgan fingerprint density at radius 2 is 1.83 bits per heavy atom. The van der Waals surface area contributed by atoms with Gasteiger partial charge in [0.2, 0.25) is 0 Å². The number of hydrogen-bond acceptors (Lipinski definition) is 6. The summed E-state index contributed by atoms with van der Waals surface area (Å²) in [5.74, 6) is -0.240. The van der Waals surface area contributed by atoms with E-state index in [0.717, 1.165) is 42.3 Å². The van der Waals surface area contributed by atoms with Crippen LogP contribution >= 0.6 is 11.3 Å². The quantitative estimate of drug-likeness (QED) is 0.424. The maximum absolute atomic E-state index is 13.3. The normalized spacial score (nSPS) is 17.8. The molecule has 2 heterocycles. The fraction of sp³-hybridized carbons (Fsp3) is 0.429. The van der Waals surface area contributed by atoms with Crippen LogP contribution < -0.4 is 9.80 Å². The number of hydrogen-bond donors (Lipinski definition) is 0. The van der Waals surface area contributed by atoms with E-state index in [1.165, 1.54) is 28.9 Å². The predicted molar refractivity (Wildman–Crippen MR) is 143 cm³/mol. The van der Waals surface area contributed by atoms with Crippen molar-refractivity contribution in [3.8, 4) is 11.3 Å². The van der Waals surface area contributed by atoms with Crippen LogP contribution in [0.25, 0.3) is 11.3 Å². The van der Waals surface area contributed by atoms with Gasteiger partial charge in [-0.05, 0) is 81.1 Å². The Kier molecular flexibility index (Phi) is 6.64. The van der Waals surface area contributed by atoms with E-state index in [-0.39, 0.29) is 18.0 Å². The van der Waals surface area contributed by atoms with Crippen LogP contribution in [0.15, 0.2) is 47.8 Å². The average Bonchev–Trinajstić information content (AvgIpc) is 3.50. The molecular weight excluding hydrogens is 475 g/mol. The molecule has 2 aliphatic rings. The van der Waals surface area contributed by atoms with Crippen molar-refractivity contribution in [2.24, 2.45) is 0 Å². The smallest absolute Gasteiger partial charge is 0.410 e. The van der Waals surface area contributed by atoms with Crippen molar-refractivity contribution in [1.82, 2.24) is 9.88 Å². The van der Waals surface area contributed by atoms with E-state index in [2.05, 4.69) is 35.0 Å². The molecular formula is C28H33FN4O2S. The molecule has 1 aliphatic heterocycles. The zero-order valence-electron chi connectivity index (χ0n) is 21.3. The SMILES string of the molecule is CN(c1nc(-c2ccc(F)cc2)cs1)C1CCc2ccc(N3CCN(C(=O)OC(C)(C)C)CC3)cc21. The van der Waals surface area contributed by atoms with Gasteiger partial charge in [0.1, 0.15) is 11.4 Å². The van der Waals surface area contributed by atoms with Crippen LogP contribution in [0.3, 0.4) is 0 Å². The Morgan fingerprint density at radius 1 is 1.11 bits per heavy atom. The Bertz CT molecular complexity index is 1230. The highest BCUT2D eigenvalue weighted by Gasteiger charge is 2.30. The van der Waals surface area contributed by atoms with Crippen molar-refractivity contribution in [1.29, 1.82) is 0 Å². The van der Waals surface area contributed by atoms with Crippen LogP contribution in [-0.2, 0) is 11.2 Å². The number of ether oxygens (including phenoxy) is 1. The minimum Gasteiger partial charge on any atom is -0.444 e. The largest absolute Gasteiger partial charge is 0.444 e. The molecule has 6 nitrogen and oxygen atoms in total. The molecule has 0 saturated carbocycles. The van der Waals surface area contributed by atoms with Crippen LogP contribution in [0, 0.1) is 5.82 Å². The van der Waals surface area contributed by atoms with Gasteiger partial charge in [-0.25, -0.2) is 14.2 Å². The van der Waals surface area contributed by atoms with Crippen LogP contribution in [0.4, 0.5) is 20.0 Å². The first-order valence-electron chi connectivity index (χ1n) is 12.5. The zero-order chi connectivity index (χ0) is 25.4. The lowest BCUT2D eigenvalue weighted by molar-refractivity contribution is 0.0240. The summed E-state index contributed by atoms with van der Waals surface area (Å²) >= 11 is 1.62. The van der Waals surface area contributed by atoms with Crippen LogP contribution in [-0.4, -0.2) is 54.8 Å². The molecule has 1 saturated heterocycles. The predicted octanol–water partition coefficient (Wildman–Crippen LogP) is 6.13. The highest BCUT2D eigenvalue weighted by molar-refractivity contribution is 7.14. The van der Waals surface area contributed by atoms with E-state index in [4.69, 9.17) is 9.72 Å². The Balaban J connectivity index is 1.28. The van der Waals surface area contributed by atoms with Crippen molar-refractivity contribution in [3.63, 3.8) is 0 Å². The third kappa shape index (κ3) is 5.19. The van der Waals surface area contributed by atoms with Gasteiger partial charge < -0.3 is 19.4 Å². The molecule has 0 radical (unpaired) electrons. The van der Waals surface area contributed by atoms with Gasteiger partial charge in [0.25, 0.3) is 0 Å². The number of fused-ring (bicyclic) bond motifs is 1. The second-order valence-corrected chi connectivity index (χ2v) is 11.4. The van der Waals surface area contributed by atoms with Crippen molar-refractivity contribution in [3.05, 3.63) is 64.8 Å². The number of benzene rings is 2. The number of aryl methyl sites for hydroxylation is 1. The van der Waals surface area contributed by atoms with E-state index >= 15 is 0 Å². The first kappa shape index (κ1) is 24.6. The molecule has 3 aromatic rings. The van der Waals surface area contributed by atoms with Gasteiger partial charge >= 0.3 is 6.09 Å². The number of piperazine rings is 1. The van der Waals surface area contributed by atoms with Crippen LogP contribution in [0.5, 0.6) is 0 Å². The van der Waals surface area contributed by atoms with Gasteiger partial charge in [0.15, 0.2) is 5.13 Å². The van der Waals surface area contributed by atoms with E-state index < -0.39 is 5.60 Å². The van der Waals surface area contributed by atoms with Crippen molar-refractivity contribution in [2.45, 2.75) is 45.3 Å². The summed E-state index contributed by atoms with van der Waals surface area (Å²) < 4.78 is 18.8. The number of aromatic nitrogens is 1. The molecule has 190 valence electrons. The van der Waals surface area contributed by atoms with Crippen molar-refractivity contribution in [2.75, 3.05) is 43.0 Å². The molecule has 0 bridgehead atoms. The molecule has 5 rings (SSSR count). The molecule has 1 amide bonds. The highest BCUT2D eigenvalue weighted by atomic mass is 32.1. The molecule has 0 spiro atoms. The number of halogens is 1. The standard InChI is InChI=1S/C28H33FN4O2S/c1-28(2,3)35-27(34)33-15-13-32(14-16-33)22-11-7-19-8-12-25(23(19)17-22)31(4)26-30-24(18-36-26)20-5-9-21(29)10-6-20/h5-7,9-11,17-18,25H,8,12-16H2,1-4H3. The maximum Gasteiger partial charge on any atom is 0.410 e. The third-order valence-electron chi connectivity index (χ3n) is 6.87. The fourth-order valence-electron chi connectivity index (χ4n) is 4.95. The van der Waals surface area contributed by atoms with E-state index in [1.54, 1.807) is 28.4 Å².